The van der Waals surface area contributed by atoms with Crippen LogP contribution in [0.2, 0.25) is 0 Å². The molecule has 142 valence electrons. The van der Waals surface area contributed by atoms with E-state index >= 15 is 0 Å². The SMILES string of the molecule is CCCCCCCCCCCCCC(C)OC(=O)c1ccc(F)cc1. The van der Waals surface area contributed by atoms with Crippen molar-refractivity contribution in [3.8, 4) is 0 Å². The quantitative estimate of drug-likeness (QED) is 0.265. The molecule has 0 aliphatic heterocycles. The van der Waals surface area contributed by atoms with Crippen molar-refractivity contribution in [3.05, 3.63) is 35.6 Å². The maximum atomic E-state index is 12.8. The van der Waals surface area contributed by atoms with Gasteiger partial charge in [0.25, 0.3) is 0 Å². The molecule has 0 N–H and O–H groups in total. The highest BCUT2D eigenvalue weighted by atomic mass is 19.1. The smallest absolute Gasteiger partial charge is 0.338 e. The number of benzene rings is 1. The lowest BCUT2D eigenvalue weighted by molar-refractivity contribution is 0.0319. The van der Waals surface area contributed by atoms with E-state index in [-0.39, 0.29) is 17.9 Å². The van der Waals surface area contributed by atoms with Crippen LogP contribution in [0.15, 0.2) is 24.3 Å². The third-order valence-corrected chi connectivity index (χ3v) is 4.60. The molecule has 0 radical (unpaired) electrons. The first-order valence-corrected chi connectivity index (χ1v) is 10.1. The second-order valence-corrected chi connectivity index (χ2v) is 7.05. The molecular formula is C22H35FO2. The van der Waals surface area contributed by atoms with Crippen LogP contribution in [0.3, 0.4) is 0 Å². The van der Waals surface area contributed by atoms with Crippen LogP contribution in [0.25, 0.3) is 0 Å². The second-order valence-electron chi connectivity index (χ2n) is 7.05. The molecule has 25 heavy (non-hydrogen) atoms. The molecule has 0 fully saturated rings. The molecule has 0 heterocycles. The Bertz CT molecular complexity index is 456. The fourth-order valence-electron chi connectivity index (χ4n) is 2.99. The van der Waals surface area contributed by atoms with Crippen LogP contribution in [0, 0.1) is 5.82 Å². The van der Waals surface area contributed by atoms with Crippen molar-refractivity contribution in [2.75, 3.05) is 0 Å². The summed E-state index contributed by atoms with van der Waals surface area (Å²) in [7, 11) is 0. The van der Waals surface area contributed by atoms with Crippen LogP contribution in [0.5, 0.6) is 0 Å². The third-order valence-electron chi connectivity index (χ3n) is 4.60. The fourth-order valence-corrected chi connectivity index (χ4v) is 2.99. The van der Waals surface area contributed by atoms with Crippen LogP contribution in [-0.2, 0) is 4.74 Å². The number of carbonyl (C=O) groups excluding carboxylic acids is 1. The van der Waals surface area contributed by atoms with Crippen molar-refractivity contribution in [1.29, 1.82) is 0 Å². The largest absolute Gasteiger partial charge is 0.459 e. The Kier molecular flexibility index (Phi) is 12.0. The van der Waals surface area contributed by atoms with Gasteiger partial charge in [-0.25, -0.2) is 9.18 Å². The zero-order valence-electron chi connectivity index (χ0n) is 16.1. The maximum absolute atomic E-state index is 12.8. The highest BCUT2D eigenvalue weighted by Gasteiger charge is 2.11. The first-order valence-electron chi connectivity index (χ1n) is 10.1. The summed E-state index contributed by atoms with van der Waals surface area (Å²) < 4.78 is 18.3. The van der Waals surface area contributed by atoms with Crippen molar-refractivity contribution in [2.24, 2.45) is 0 Å². The van der Waals surface area contributed by atoms with E-state index < -0.39 is 0 Å². The minimum absolute atomic E-state index is 0.0869. The Balaban J connectivity index is 1.97. The summed E-state index contributed by atoms with van der Waals surface area (Å²) in [5.41, 5.74) is 0.409. The molecule has 2 nitrogen and oxygen atoms in total. The number of hydrogen-bond donors (Lipinski definition) is 0. The Labute approximate surface area is 153 Å². The summed E-state index contributed by atoms with van der Waals surface area (Å²) in [6.07, 6.45) is 15.3. The Morgan fingerprint density at radius 1 is 0.880 bits per heavy atom. The standard InChI is InChI=1S/C22H35FO2/c1-3-4-5-6-7-8-9-10-11-12-13-14-19(2)25-22(24)20-15-17-21(23)18-16-20/h15-19H,3-14H2,1-2H3. The topological polar surface area (TPSA) is 26.3 Å². The Morgan fingerprint density at radius 2 is 1.36 bits per heavy atom. The van der Waals surface area contributed by atoms with Gasteiger partial charge in [0.2, 0.25) is 0 Å². The first-order chi connectivity index (χ1) is 12.1. The molecule has 0 aromatic heterocycles. The van der Waals surface area contributed by atoms with E-state index in [1.807, 2.05) is 6.92 Å². The molecule has 3 heteroatoms. The highest BCUT2D eigenvalue weighted by molar-refractivity contribution is 5.89. The maximum Gasteiger partial charge on any atom is 0.338 e. The summed E-state index contributed by atoms with van der Waals surface area (Å²) in [4.78, 5) is 11.9. The summed E-state index contributed by atoms with van der Waals surface area (Å²) in [6, 6.07) is 5.50. The average molecular weight is 351 g/mol. The van der Waals surface area contributed by atoms with Gasteiger partial charge in [-0.1, -0.05) is 71.1 Å². The molecule has 1 aromatic rings. The molecule has 1 unspecified atom stereocenters. The second kappa shape index (κ2) is 13.9. The highest BCUT2D eigenvalue weighted by Crippen LogP contribution is 2.14. The zero-order valence-corrected chi connectivity index (χ0v) is 16.1. The molecule has 1 rings (SSSR count). The monoisotopic (exact) mass is 350 g/mol. The van der Waals surface area contributed by atoms with E-state index in [1.54, 1.807) is 0 Å². The lowest BCUT2D eigenvalue weighted by Gasteiger charge is -2.13. The van der Waals surface area contributed by atoms with Gasteiger partial charge in [-0.05, 0) is 44.0 Å². The molecule has 0 saturated heterocycles. The number of ether oxygens (including phenoxy) is 1. The lowest BCUT2D eigenvalue weighted by Crippen LogP contribution is -2.15. The van der Waals surface area contributed by atoms with Crippen molar-refractivity contribution in [3.63, 3.8) is 0 Å². The van der Waals surface area contributed by atoms with E-state index in [4.69, 9.17) is 4.74 Å². The van der Waals surface area contributed by atoms with E-state index in [0.717, 1.165) is 12.8 Å². The molecule has 0 saturated carbocycles. The number of esters is 1. The molecule has 0 amide bonds. The van der Waals surface area contributed by atoms with Gasteiger partial charge in [0.15, 0.2) is 0 Å². The molecule has 0 aliphatic rings. The minimum Gasteiger partial charge on any atom is -0.459 e. The van der Waals surface area contributed by atoms with Crippen molar-refractivity contribution < 1.29 is 13.9 Å². The van der Waals surface area contributed by atoms with Crippen molar-refractivity contribution >= 4 is 5.97 Å². The van der Waals surface area contributed by atoms with E-state index in [0.29, 0.717) is 5.56 Å². The molecule has 0 aliphatic carbocycles. The summed E-state index contributed by atoms with van der Waals surface area (Å²) in [6.45, 7) is 4.18. The van der Waals surface area contributed by atoms with Gasteiger partial charge in [-0.15, -0.1) is 0 Å². The van der Waals surface area contributed by atoms with Gasteiger partial charge in [-0.2, -0.15) is 0 Å². The molecule has 1 atom stereocenters. The molecule has 0 bridgehead atoms. The van der Waals surface area contributed by atoms with E-state index in [1.165, 1.54) is 88.5 Å². The Morgan fingerprint density at radius 3 is 1.88 bits per heavy atom. The first kappa shape index (κ1) is 21.7. The third kappa shape index (κ3) is 11.0. The lowest BCUT2D eigenvalue weighted by atomic mass is 10.0. The predicted octanol–water partition coefficient (Wildman–Crippen LogP) is 7.07. The average Bonchev–Trinajstić information content (AvgIpc) is 2.60. The van der Waals surface area contributed by atoms with Gasteiger partial charge in [0.05, 0.1) is 11.7 Å². The van der Waals surface area contributed by atoms with Gasteiger partial charge in [0.1, 0.15) is 5.82 Å². The molecule has 1 aromatic carbocycles. The van der Waals surface area contributed by atoms with E-state index in [9.17, 15) is 9.18 Å². The number of carbonyl (C=O) groups is 1. The van der Waals surface area contributed by atoms with Gasteiger partial charge >= 0.3 is 5.97 Å². The van der Waals surface area contributed by atoms with Crippen LogP contribution < -0.4 is 0 Å². The predicted molar refractivity (Wildman–Crippen MR) is 102 cm³/mol. The van der Waals surface area contributed by atoms with Crippen LogP contribution in [0.4, 0.5) is 4.39 Å². The number of unbranched alkanes of at least 4 members (excludes halogenated alkanes) is 10. The number of halogens is 1. The fraction of sp³-hybridized carbons (Fsp3) is 0.682. The number of hydrogen-bond acceptors (Lipinski definition) is 2. The van der Waals surface area contributed by atoms with Gasteiger partial charge in [0, 0.05) is 0 Å². The van der Waals surface area contributed by atoms with Crippen LogP contribution >= 0.6 is 0 Å². The summed E-state index contributed by atoms with van der Waals surface area (Å²) in [5, 5.41) is 0. The Hall–Kier alpha value is -1.38. The van der Waals surface area contributed by atoms with Crippen LogP contribution in [-0.4, -0.2) is 12.1 Å². The van der Waals surface area contributed by atoms with Gasteiger partial charge in [-0.3, -0.25) is 0 Å². The molecular weight excluding hydrogens is 315 g/mol. The molecule has 0 spiro atoms. The summed E-state index contributed by atoms with van der Waals surface area (Å²) >= 11 is 0. The zero-order chi connectivity index (χ0) is 18.3. The van der Waals surface area contributed by atoms with Crippen LogP contribution in [0.1, 0.15) is 101 Å². The normalized spacial score (nSPS) is 12.1. The van der Waals surface area contributed by atoms with Crippen molar-refractivity contribution in [2.45, 2.75) is 97.0 Å². The summed E-state index contributed by atoms with van der Waals surface area (Å²) in [5.74, 6) is -0.707. The number of rotatable bonds is 14. The minimum atomic E-state index is -0.365. The van der Waals surface area contributed by atoms with E-state index in [2.05, 4.69) is 6.92 Å². The van der Waals surface area contributed by atoms with Crippen molar-refractivity contribution in [1.82, 2.24) is 0 Å². The van der Waals surface area contributed by atoms with Gasteiger partial charge < -0.3 is 4.74 Å².